The number of hydrogen-bond donors (Lipinski definition) is 1. The van der Waals surface area contributed by atoms with Gasteiger partial charge in [0.15, 0.2) is 21.8 Å². The fourth-order valence-corrected chi connectivity index (χ4v) is 4.25. The molecule has 1 N–H and O–H groups in total. The maximum atomic E-state index is 12.3. The molecule has 27 heavy (non-hydrogen) atoms. The molecule has 1 atom stereocenters. The Kier molecular flexibility index (Phi) is 4.92. The topological polar surface area (TPSA) is 106 Å². The number of nitrogens with zero attached hydrogens (tertiary/aromatic N) is 1. The van der Waals surface area contributed by atoms with Crippen LogP contribution in [0.2, 0.25) is 0 Å². The first kappa shape index (κ1) is 19.2. The Balaban J connectivity index is 1.84. The number of benzene rings is 1. The third-order valence-electron chi connectivity index (χ3n) is 4.24. The van der Waals surface area contributed by atoms with Gasteiger partial charge in [0.2, 0.25) is 0 Å². The molecule has 0 aliphatic heterocycles. The highest BCUT2D eigenvalue weighted by Crippen LogP contribution is 2.27. The highest BCUT2D eigenvalue weighted by molar-refractivity contribution is 7.90. The molecule has 3 rings (SSSR count). The highest BCUT2D eigenvalue weighted by Gasteiger charge is 2.19. The van der Waals surface area contributed by atoms with Crippen molar-refractivity contribution in [1.82, 2.24) is 9.97 Å². The van der Waals surface area contributed by atoms with Gasteiger partial charge >= 0.3 is 5.97 Å². The number of nitrogens with one attached hydrogen (secondary N) is 1. The third kappa shape index (κ3) is 3.79. The van der Waals surface area contributed by atoms with Crippen molar-refractivity contribution in [1.29, 1.82) is 0 Å². The molecule has 7 nitrogen and oxygen atoms in total. The van der Waals surface area contributed by atoms with Crippen LogP contribution in [0.15, 0.2) is 34.0 Å². The van der Waals surface area contributed by atoms with Crippen LogP contribution in [-0.4, -0.2) is 30.6 Å². The lowest BCUT2D eigenvalue weighted by Gasteiger charge is -2.12. The Morgan fingerprint density at radius 2 is 1.85 bits per heavy atom. The van der Waals surface area contributed by atoms with Crippen molar-refractivity contribution in [3.63, 3.8) is 0 Å². The Morgan fingerprint density at radius 1 is 1.22 bits per heavy atom. The van der Waals surface area contributed by atoms with E-state index in [2.05, 4.69) is 9.97 Å². The number of aromatic nitrogens is 2. The number of carbonyl (C=O) groups excluding carboxylic acids is 1. The van der Waals surface area contributed by atoms with Crippen LogP contribution in [-0.2, 0) is 14.6 Å². The Hall–Kier alpha value is -2.52. The second-order valence-corrected chi connectivity index (χ2v) is 9.48. The number of fused-ring (bicyclic) bond motifs is 1. The van der Waals surface area contributed by atoms with E-state index in [9.17, 15) is 18.0 Å². The first-order chi connectivity index (χ1) is 12.6. The highest BCUT2D eigenvalue weighted by atomic mass is 32.2. The van der Waals surface area contributed by atoms with E-state index >= 15 is 0 Å². The van der Waals surface area contributed by atoms with Crippen LogP contribution in [0.4, 0.5) is 0 Å². The fourth-order valence-electron chi connectivity index (χ4n) is 2.59. The summed E-state index contributed by atoms with van der Waals surface area (Å²) in [6.07, 6.45) is 0.320. The van der Waals surface area contributed by atoms with Crippen molar-refractivity contribution < 1.29 is 17.9 Å². The number of carbonyl (C=O) groups is 1. The van der Waals surface area contributed by atoms with E-state index in [-0.39, 0.29) is 21.8 Å². The van der Waals surface area contributed by atoms with Gasteiger partial charge in [0.1, 0.15) is 4.83 Å². The molecule has 9 heteroatoms. The first-order valence-electron chi connectivity index (χ1n) is 8.09. The Labute approximate surface area is 160 Å². The molecule has 0 amide bonds. The summed E-state index contributed by atoms with van der Waals surface area (Å²) < 4.78 is 28.3. The number of rotatable bonds is 4. The minimum atomic E-state index is -3.34. The number of thiophene rings is 1. The number of hydrogen-bond acceptors (Lipinski definition) is 7. The van der Waals surface area contributed by atoms with Gasteiger partial charge in [-0.2, -0.15) is 0 Å². The van der Waals surface area contributed by atoms with Gasteiger partial charge in [0.25, 0.3) is 5.56 Å². The van der Waals surface area contributed by atoms with E-state index in [0.29, 0.717) is 10.2 Å². The fraction of sp³-hybridized carbons (Fsp3) is 0.278. The number of sulfone groups is 1. The van der Waals surface area contributed by atoms with E-state index < -0.39 is 21.9 Å². The summed E-state index contributed by atoms with van der Waals surface area (Å²) in [4.78, 5) is 33.5. The van der Waals surface area contributed by atoms with E-state index in [1.807, 2.05) is 13.8 Å². The second-order valence-electron chi connectivity index (χ2n) is 6.26. The summed E-state index contributed by atoms with van der Waals surface area (Å²) >= 11 is 1.42. The molecule has 0 spiro atoms. The molecule has 0 unspecified atom stereocenters. The maximum absolute atomic E-state index is 12.3. The molecular formula is C18H18N2O5S2. The summed E-state index contributed by atoms with van der Waals surface area (Å²) in [5, 5.41) is 0.552. The predicted octanol–water partition coefficient (Wildman–Crippen LogP) is 2.92. The van der Waals surface area contributed by atoms with Gasteiger partial charge < -0.3 is 9.72 Å². The minimum Gasteiger partial charge on any atom is -0.451 e. The largest absolute Gasteiger partial charge is 0.451 e. The van der Waals surface area contributed by atoms with Gasteiger partial charge in [0.05, 0.1) is 15.8 Å². The van der Waals surface area contributed by atoms with E-state index in [1.54, 1.807) is 6.92 Å². The molecule has 1 aromatic carbocycles. The van der Waals surface area contributed by atoms with E-state index in [1.165, 1.54) is 35.6 Å². The summed E-state index contributed by atoms with van der Waals surface area (Å²) in [5.41, 5.74) is 0.837. The van der Waals surface area contributed by atoms with E-state index in [4.69, 9.17) is 4.74 Å². The molecule has 0 aliphatic carbocycles. The molecular weight excluding hydrogens is 388 g/mol. The van der Waals surface area contributed by atoms with Crippen molar-refractivity contribution in [2.24, 2.45) is 0 Å². The summed E-state index contributed by atoms with van der Waals surface area (Å²) in [6, 6.07) is 5.47. The van der Waals surface area contributed by atoms with Crippen LogP contribution in [0.1, 0.15) is 39.7 Å². The average Bonchev–Trinajstić information content (AvgIpc) is 2.88. The molecule has 0 aliphatic rings. The smallest absolute Gasteiger partial charge is 0.338 e. The average molecular weight is 406 g/mol. The molecule has 0 saturated carbocycles. The zero-order chi connectivity index (χ0) is 19.9. The zero-order valence-corrected chi connectivity index (χ0v) is 16.8. The van der Waals surface area contributed by atoms with Crippen molar-refractivity contribution >= 4 is 37.4 Å². The van der Waals surface area contributed by atoms with Crippen molar-refractivity contribution in [3.05, 3.63) is 56.4 Å². The minimum absolute atomic E-state index is 0.118. The molecule has 142 valence electrons. The van der Waals surface area contributed by atoms with Gasteiger partial charge in [-0.05, 0) is 50.6 Å². The zero-order valence-electron chi connectivity index (χ0n) is 15.2. The van der Waals surface area contributed by atoms with Crippen LogP contribution < -0.4 is 5.56 Å². The molecule has 0 radical (unpaired) electrons. The second kappa shape index (κ2) is 6.90. The monoisotopic (exact) mass is 406 g/mol. The molecule has 2 heterocycles. The molecule has 3 aromatic rings. The van der Waals surface area contributed by atoms with Crippen LogP contribution >= 0.6 is 11.3 Å². The molecule has 0 bridgehead atoms. The van der Waals surface area contributed by atoms with Crippen molar-refractivity contribution in [2.45, 2.75) is 31.8 Å². The van der Waals surface area contributed by atoms with Crippen LogP contribution in [0, 0.1) is 13.8 Å². The number of esters is 1. The number of ether oxygens (including phenoxy) is 1. The van der Waals surface area contributed by atoms with Gasteiger partial charge in [-0.25, -0.2) is 18.2 Å². The third-order valence-corrected chi connectivity index (χ3v) is 6.47. The van der Waals surface area contributed by atoms with Gasteiger partial charge in [-0.15, -0.1) is 11.3 Å². The van der Waals surface area contributed by atoms with Gasteiger partial charge in [0, 0.05) is 11.1 Å². The summed E-state index contributed by atoms with van der Waals surface area (Å²) in [6.45, 7) is 5.40. The predicted molar refractivity (Wildman–Crippen MR) is 103 cm³/mol. The lowest BCUT2D eigenvalue weighted by Crippen LogP contribution is -2.17. The van der Waals surface area contributed by atoms with Crippen molar-refractivity contribution in [2.75, 3.05) is 6.26 Å². The lowest BCUT2D eigenvalue weighted by molar-refractivity contribution is 0.0320. The first-order valence-corrected chi connectivity index (χ1v) is 10.8. The van der Waals surface area contributed by atoms with Gasteiger partial charge in [-0.1, -0.05) is 0 Å². The van der Waals surface area contributed by atoms with Gasteiger partial charge in [-0.3, -0.25) is 4.79 Å². The number of aryl methyl sites for hydroxylation is 2. The maximum Gasteiger partial charge on any atom is 0.338 e. The van der Waals surface area contributed by atoms with E-state index in [0.717, 1.165) is 16.7 Å². The quantitative estimate of drug-likeness (QED) is 0.668. The normalized spacial score (nSPS) is 12.9. The summed E-state index contributed by atoms with van der Waals surface area (Å²) in [5.74, 6) is -0.376. The standard InChI is InChI=1S/C18H18N2O5S2/c1-9-11(3)26-17-14(9)16(21)19-15(20-17)10(2)25-18(22)12-5-7-13(8-6-12)27(4,23)24/h5-8,10H,1-4H3,(H,19,20,21)/t10-/m0/s1. The van der Waals surface area contributed by atoms with Crippen molar-refractivity contribution in [3.8, 4) is 0 Å². The number of H-pyrrole nitrogens is 1. The molecule has 0 fully saturated rings. The van der Waals surface area contributed by atoms with Crippen LogP contribution in [0.3, 0.4) is 0 Å². The summed E-state index contributed by atoms with van der Waals surface area (Å²) in [7, 11) is -3.34. The van der Waals surface area contributed by atoms with Crippen LogP contribution in [0.25, 0.3) is 10.2 Å². The Bertz CT molecular complexity index is 1190. The SMILES string of the molecule is Cc1sc2nc([C@H](C)OC(=O)c3ccc(S(C)(=O)=O)cc3)[nH]c(=O)c2c1C. The van der Waals surface area contributed by atoms with Crippen LogP contribution in [0.5, 0.6) is 0 Å². The molecule has 2 aromatic heterocycles. The Morgan fingerprint density at radius 3 is 2.44 bits per heavy atom. The lowest BCUT2D eigenvalue weighted by atomic mass is 10.2. The molecule has 0 saturated heterocycles. The number of aromatic amines is 1.